The molecule has 1 aromatic carbocycles. The van der Waals surface area contributed by atoms with Crippen LogP contribution in [0.4, 0.5) is 17.5 Å². The molecule has 9 nitrogen and oxygen atoms in total. The fourth-order valence-corrected chi connectivity index (χ4v) is 3.76. The summed E-state index contributed by atoms with van der Waals surface area (Å²) in [5.74, 6) is 2.95. The largest absolute Gasteiger partial charge is 0.353 e. The molecule has 1 aliphatic heterocycles. The van der Waals surface area contributed by atoms with E-state index in [1.54, 1.807) is 24.7 Å². The van der Waals surface area contributed by atoms with Crippen LogP contribution in [0, 0.1) is 6.92 Å². The van der Waals surface area contributed by atoms with E-state index in [4.69, 9.17) is 0 Å². The smallest absolute Gasteiger partial charge is 0.254 e. The normalized spacial score (nSPS) is 13.9. The summed E-state index contributed by atoms with van der Waals surface area (Å²) in [7, 11) is 0. The molecule has 160 valence electrons. The first-order chi connectivity index (χ1) is 15.7. The molecular formula is C23H22N8O. The second-order valence-corrected chi connectivity index (χ2v) is 7.54. The average Bonchev–Trinajstić information content (AvgIpc) is 2.84. The fourth-order valence-electron chi connectivity index (χ4n) is 3.76. The lowest BCUT2D eigenvalue weighted by molar-refractivity contribution is 0.0746. The van der Waals surface area contributed by atoms with Crippen molar-refractivity contribution in [2.45, 2.75) is 6.92 Å². The van der Waals surface area contributed by atoms with Gasteiger partial charge in [0.15, 0.2) is 0 Å². The van der Waals surface area contributed by atoms with E-state index in [0.29, 0.717) is 43.4 Å². The highest BCUT2D eigenvalue weighted by Gasteiger charge is 2.23. The van der Waals surface area contributed by atoms with Gasteiger partial charge in [0.25, 0.3) is 5.91 Å². The van der Waals surface area contributed by atoms with Gasteiger partial charge in [0.05, 0.1) is 11.0 Å². The third-order valence-electron chi connectivity index (χ3n) is 5.35. The summed E-state index contributed by atoms with van der Waals surface area (Å²) in [6.07, 6.45) is 5.01. The van der Waals surface area contributed by atoms with Crippen LogP contribution in [0.5, 0.6) is 0 Å². The predicted octanol–water partition coefficient (Wildman–Crippen LogP) is 2.83. The highest BCUT2D eigenvalue weighted by Crippen LogP contribution is 2.21. The molecule has 1 N–H and O–H groups in total. The first-order valence-corrected chi connectivity index (χ1v) is 10.4. The molecule has 1 fully saturated rings. The van der Waals surface area contributed by atoms with E-state index in [0.717, 1.165) is 22.7 Å². The second-order valence-electron chi connectivity index (χ2n) is 7.54. The van der Waals surface area contributed by atoms with Crippen molar-refractivity contribution in [2.75, 3.05) is 36.4 Å². The van der Waals surface area contributed by atoms with Gasteiger partial charge in [-0.05, 0) is 37.3 Å². The number of amides is 1. The third-order valence-corrected chi connectivity index (χ3v) is 5.35. The summed E-state index contributed by atoms with van der Waals surface area (Å²) in [5, 5.41) is 3.22. The molecular weight excluding hydrogens is 404 g/mol. The van der Waals surface area contributed by atoms with Crippen molar-refractivity contribution in [3.63, 3.8) is 0 Å². The number of benzene rings is 1. The molecule has 32 heavy (non-hydrogen) atoms. The summed E-state index contributed by atoms with van der Waals surface area (Å²) >= 11 is 0. The third kappa shape index (κ3) is 4.18. The van der Waals surface area contributed by atoms with E-state index >= 15 is 0 Å². The van der Waals surface area contributed by atoms with E-state index in [2.05, 4.69) is 35.1 Å². The molecule has 0 aliphatic carbocycles. The molecule has 4 aromatic rings. The number of carbonyl (C=O) groups is 1. The minimum atomic E-state index is 0.00794. The van der Waals surface area contributed by atoms with Crippen molar-refractivity contribution < 1.29 is 4.79 Å². The van der Waals surface area contributed by atoms with E-state index in [-0.39, 0.29) is 5.91 Å². The van der Waals surface area contributed by atoms with E-state index in [1.165, 1.54) is 0 Å². The quantitative estimate of drug-likeness (QED) is 0.532. The molecule has 1 aliphatic rings. The molecule has 0 saturated carbocycles. The zero-order valence-corrected chi connectivity index (χ0v) is 17.6. The Balaban J connectivity index is 1.27. The Hall–Kier alpha value is -4.14. The van der Waals surface area contributed by atoms with Crippen LogP contribution in [0.3, 0.4) is 0 Å². The number of aromatic nitrogens is 5. The number of rotatable bonds is 4. The molecule has 5 rings (SSSR count). The molecule has 3 aromatic heterocycles. The summed E-state index contributed by atoms with van der Waals surface area (Å²) in [6, 6.07) is 13.1. The lowest BCUT2D eigenvalue weighted by atomic mass is 10.1. The maximum Gasteiger partial charge on any atom is 0.254 e. The number of anilines is 3. The SMILES string of the molecule is Cc1nc(Nc2ccccn2)cc(N2CCN(C(=O)c3ccc4nccnc4c3)CC2)n1. The van der Waals surface area contributed by atoms with Crippen molar-refractivity contribution >= 4 is 34.4 Å². The Labute approximate surface area is 185 Å². The van der Waals surface area contributed by atoms with Gasteiger partial charge >= 0.3 is 0 Å². The van der Waals surface area contributed by atoms with Crippen LogP contribution in [0.25, 0.3) is 11.0 Å². The Morgan fingerprint density at radius 1 is 0.844 bits per heavy atom. The molecule has 4 heterocycles. The molecule has 0 radical (unpaired) electrons. The van der Waals surface area contributed by atoms with Crippen molar-refractivity contribution in [1.82, 2.24) is 29.8 Å². The van der Waals surface area contributed by atoms with Gasteiger partial charge in [0.1, 0.15) is 23.3 Å². The molecule has 0 spiro atoms. The average molecular weight is 426 g/mol. The van der Waals surface area contributed by atoms with Gasteiger partial charge in [-0.15, -0.1) is 0 Å². The van der Waals surface area contributed by atoms with Gasteiger partial charge in [-0.3, -0.25) is 14.8 Å². The lowest BCUT2D eigenvalue weighted by Gasteiger charge is -2.35. The number of carbonyl (C=O) groups excluding carboxylic acids is 1. The number of nitrogens with zero attached hydrogens (tertiary/aromatic N) is 7. The standard InChI is InChI=1S/C23H22N8O/c1-16-27-21(29-20-4-2-3-7-26-20)15-22(28-16)30-10-12-31(13-11-30)23(32)17-5-6-18-19(14-17)25-9-8-24-18/h2-9,14-15H,10-13H2,1H3,(H,26,27,28,29). The van der Waals surface area contributed by atoms with Crippen LogP contribution in [0.1, 0.15) is 16.2 Å². The Morgan fingerprint density at radius 2 is 1.66 bits per heavy atom. The van der Waals surface area contributed by atoms with Crippen LogP contribution in [-0.4, -0.2) is 61.9 Å². The molecule has 1 amide bonds. The summed E-state index contributed by atoms with van der Waals surface area (Å²) in [4.78, 5) is 39.0. The van der Waals surface area contributed by atoms with Crippen LogP contribution in [0.15, 0.2) is 61.1 Å². The van der Waals surface area contributed by atoms with Gasteiger partial charge < -0.3 is 15.1 Å². The van der Waals surface area contributed by atoms with E-state index in [9.17, 15) is 4.79 Å². The first-order valence-electron chi connectivity index (χ1n) is 10.4. The Kier molecular flexibility index (Phi) is 5.29. The zero-order chi connectivity index (χ0) is 21.9. The van der Waals surface area contributed by atoms with Crippen molar-refractivity contribution in [3.8, 4) is 0 Å². The molecule has 0 unspecified atom stereocenters. The molecule has 9 heteroatoms. The number of fused-ring (bicyclic) bond motifs is 1. The number of pyridine rings is 1. The maximum absolute atomic E-state index is 13.0. The Morgan fingerprint density at radius 3 is 2.44 bits per heavy atom. The summed E-state index contributed by atoms with van der Waals surface area (Å²) < 4.78 is 0. The highest BCUT2D eigenvalue weighted by atomic mass is 16.2. The number of hydrogen-bond donors (Lipinski definition) is 1. The monoisotopic (exact) mass is 426 g/mol. The van der Waals surface area contributed by atoms with Crippen LogP contribution in [0.2, 0.25) is 0 Å². The van der Waals surface area contributed by atoms with Crippen molar-refractivity contribution in [2.24, 2.45) is 0 Å². The van der Waals surface area contributed by atoms with Gasteiger partial charge in [-0.2, -0.15) is 0 Å². The van der Waals surface area contributed by atoms with Gasteiger partial charge in [-0.1, -0.05) is 6.07 Å². The number of piperazine rings is 1. The van der Waals surface area contributed by atoms with Gasteiger partial charge in [0.2, 0.25) is 0 Å². The predicted molar refractivity (Wildman–Crippen MR) is 122 cm³/mol. The van der Waals surface area contributed by atoms with Crippen LogP contribution in [-0.2, 0) is 0 Å². The minimum Gasteiger partial charge on any atom is -0.353 e. The number of hydrogen-bond acceptors (Lipinski definition) is 8. The topological polar surface area (TPSA) is 100 Å². The van der Waals surface area contributed by atoms with Crippen molar-refractivity contribution in [1.29, 1.82) is 0 Å². The number of nitrogens with one attached hydrogen (secondary N) is 1. The van der Waals surface area contributed by atoms with Gasteiger partial charge in [0, 0.05) is 56.4 Å². The molecule has 0 atom stereocenters. The zero-order valence-electron chi connectivity index (χ0n) is 17.6. The van der Waals surface area contributed by atoms with Crippen LogP contribution < -0.4 is 10.2 Å². The first kappa shape index (κ1) is 19.8. The van der Waals surface area contributed by atoms with E-state index in [1.807, 2.05) is 48.2 Å². The minimum absolute atomic E-state index is 0.00794. The lowest BCUT2D eigenvalue weighted by Crippen LogP contribution is -2.49. The molecule has 1 saturated heterocycles. The summed E-state index contributed by atoms with van der Waals surface area (Å²) in [6.45, 7) is 4.49. The Bertz CT molecular complexity index is 1260. The van der Waals surface area contributed by atoms with E-state index < -0.39 is 0 Å². The second kappa shape index (κ2) is 8.54. The number of aryl methyl sites for hydroxylation is 1. The van der Waals surface area contributed by atoms with Crippen LogP contribution >= 0.6 is 0 Å². The highest BCUT2D eigenvalue weighted by molar-refractivity contribution is 5.97. The van der Waals surface area contributed by atoms with Gasteiger partial charge in [-0.25, -0.2) is 15.0 Å². The summed E-state index contributed by atoms with van der Waals surface area (Å²) in [5.41, 5.74) is 2.13. The fraction of sp³-hybridized carbons (Fsp3) is 0.217. The molecule has 0 bridgehead atoms. The van der Waals surface area contributed by atoms with Crippen molar-refractivity contribution in [3.05, 3.63) is 72.4 Å². The maximum atomic E-state index is 13.0.